The Morgan fingerprint density at radius 1 is 0.926 bits per heavy atom. The first-order valence-corrected chi connectivity index (χ1v) is 10.8. The van der Waals surface area contributed by atoms with Crippen molar-refractivity contribution in [3.8, 4) is 0 Å². The second-order valence-corrected chi connectivity index (χ2v) is 9.93. The third kappa shape index (κ3) is 2.51. The molecule has 27 heavy (non-hydrogen) atoms. The molecule has 0 aromatic heterocycles. The lowest BCUT2D eigenvalue weighted by Crippen LogP contribution is -2.54. The molecule has 1 saturated heterocycles. The summed E-state index contributed by atoms with van der Waals surface area (Å²) in [6.07, 6.45) is 12.3. The van der Waals surface area contributed by atoms with Gasteiger partial charge >= 0.3 is 5.97 Å². The van der Waals surface area contributed by atoms with Crippen LogP contribution in [0.5, 0.6) is 0 Å². The summed E-state index contributed by atoms with van der Waals surface area (Å²) in [6, 6.07) is 0. The van der Waals surface area contributed by atoms with Crippen LogP contribution in [0.3, 0.4) is 0 Å². The fourth-order valence-corrected chi connectivity index (χ4v) is 7.85. The van der Waals surface area contributed by atoms with Gasteiger partial charge in [-0.25, -0.2) is 0 Å². The molecule has 150 valence electrons. The zero-order valence-corrected chi connectivity index (χ0v) is 17.1. The molecule has 3 saturated carbocycles. The minimum Gasteiger partial charge on any atom is -0.458 e. The number of hydrogen-bond acceptors (Lipinski definition) is 4. The number of carbonyl (C=O) groups excluding carboxylic acids is 2. The minimum absolute atomic E-state index is 0.0237. The molecule has 0 amide bonds. The number of carbonyl (C=O) groups is 2. The highest BCUT2D eigenvalue weighted by Crippen LogP contribution is 2.69. The molecular formula is C23H34O4. The van der Waals surface area contributed by atoms with Gasteiger partial charge in [0.05, 0.1) is 0 Å². The molecule has 4 aliphatic carbocycles. The van der Waals surface area contributed by atoms with Crippen LogP contribution < -0.4 is 0 Å². The molecule has 1 aliphatic heterocycles. The Morgan fingerprint density at radius 2 is 1.67 bits per heavy atom. The molecular weight excluding hydrogens is 340 g/mol. The van der Waals surface area contributed by atoms with Gasteiger partial charge in [0.1, 0.15) is 5.60 Å². The lowest BCUT2D eigenvalue weighted by Gasteiger charge is -2.59. The maximum atomic E-state index is 11.9. The van der Waals surface area contributed by atoms with Crippen molar-refractivity contribution >= 4 is 11.8 Å². The molecule has 0 aromatic rings. The van der Waals surface area contributed by atoms with Gasteiger partial charge in [-0.05, 0) is 80.6 Å². The average Bonchev–Trinajstić information content (AvgIpc) is 3.18. The van der Waals surface area contributed by atoms with Crippen LogP contribution in [0.25, 0.3) is 0 Å². The normalized spacial score (nSPS) is 48.0. The maximum Gasteiger partial charge on any atom is 0.306 e. The fraction of sp³-hybridized carbons (Fsp3) is 0.826. The predicted octanol–water partition coefficient (Wildman–Crippen LogP) is 4.20. The fourth-order valence-electron chi connectivity index (χ4n) is 7.85. The molecule has 5 rings (SSSR count). The molecule has 1 heterocycles. The summed E-state index contributed by atoms with van der Waals surface area (Å²) < 4.78 is 6.01. The van der Waals surface area contributed by atoms with E-state index in [0.29, 0.717) is 24.0 Å². The first kappa shape index (κ1) is 19.2. The van der Waals surface area contributed by atoms with E-state index in [9.17, 15) is 9.59 Å². The topological polar surface area (TPSA) is 63.6 Å². The molecule has 5 aliphatic rings. The monoisotopic (exact) mass is 374 g/mol. The highest BCUT2D eigenvalue weighted by Gasteiger charge is 2.66. The Hall–Kier alpha value is -1.16. The lowest BCUT2D eigenvalue weighted by molar-refractivity contribution is -0.168. The van der Waals surface area contributed by atoms with Crippen molar-refractivity contribution in [2.45, 2.75) is 83.7 Å². The number of allylic oxidation sites excluding steroid dienone is 1. The van der Waals surface area contributed by atoms with E-state index in [0.717, 1.165) is 45.1 Å². The molecule has 0 aromatic carbocycles. The van der Waals surface area contributed by atoms with Crippen LogP contribution in [-0.4, -0.2) is 29.6 Å². The highest BCUT2D eigenvalue weighted by molar-refractivity contribution is 5.91. The van der Waals surface area contributed by atoms with Crippen LogP contribution in [0.1, 0.15) is 78.1 Å². The third-order valence-electron chi connectivity index (χ3n) is 9.29. The van der Waals surface area contributed by atoms with Gasteiger partial charge in [-0.1, -0.05) is 19.4 Å². The van der Waals surface area contributed by atoms with Gasteiger partial charge in [0.15, 0.2) is 5.78 Å². The minimum atomic E-state index is -0.167. The van der Waals surface area contributed by atoms with E-state index in [1.165, 1.54) is 31.3 Å². The summed E-state index contributed by atoms with van der Waals surface area (Å²) in [6.45, 7) is 4.86. The summed E-state index contributed by atoms with van der Waals surface area (Å²) in [7, 11) is 1.00. The summed E-state index contributed by atoms with van der Waals surface area (Å²) in [5.41, 5.74) is 1.68. The lowest BCUT2D eigenvalue weighted by atomic mass is 9.46. The van der Waals surface area contributed by atoms with E-state index in [4.69, 9.17) is 9.84 Å². The second kappa shape index (κ2) is 6.43. The standard InChI is InChI=1S/C22H30O3.CH4O/c1-20-9-5-15(23)13-14(20)3-4-16-17(20)6-10-21(2)18(16)7-11-22(21)12-8-19(24)25-22;1-2/h13,16-18H,3-12H2,1-2H3;2H,1H3/t16?,17?,18?,20-,21-,22?;/m0./s1. The number of aliphatic hydroxyl groups is 1. The van der Waals surface area contributed by atoms with Gasteiger partial charge in [0.25, 0.3) is 0 Å². The van der Waals surface area contributed by atoms with E-state index in [1.54, 1.807) is 0 Å². The van der Waals surface area contributed by atoms with Gasteiger partial charge in [-0.3, -0.25) is 9.59 Å². The quantitative estimate of drug-likeness (QED) is 0.645. The van der Waals surface area contributed by atoms with E-state index in [2.05, 4.69) is 13.8 Å². The summed E-state index contributed by atoms with van der Waals surface area (Å²) in [4.78, 5) is 23.8. The molecule has 6 atom stereocenters. The highest BCUT2D eigenvalue weighted by atomic mass is 16.6. The largest absolute Gasteiger partial charge is 0.458 e. The molecule has 0 bridgehead atoms. The van der Waals surface area contributed by atoms with Crippen LogP contribution in [0.15, 0.2) is 11.6 Å². The van der Waals surface area contributed by atoms with Gasteiger partial charge in [-0.15, -0.1) is 0 Å². The summed E-state index contributed by atoms with van der Waals surface area (Å²) >= 11 is 0. The van der Waals surface area contributed by atoms with E-state index in [-0.39, 0.29) is 22.4 Å². The molecule has 0 radical (unpaired) electrons. The van der Waals surface area contributed by atoms with Crippen LogP contribution in [0.2, 0.25) is 0 Å². The van der Waals surface area contributed by atoms with Crippen LogP contribution in [-0.2, 0) is 14.3 Å². The van der Waals surface area contributed by atoms with Crippen LogP contribution >= 0.6 is 0 Å². The Kier molecular flexibility index (Phi) is 4.57. The van der Waals surface area contributed by atoms with Crippen molar-refractivity contribution < 1.29 is 19.4 Å². The molecule has 4 unspecified atom stereocenters. The second-order valence-electron chi connectivity index (χ2n) is 9.93. The van der Waals surface area contributed by atoms with Crippen molar-refractivity contribution in [1.82, 2.24) is 0 Å². The van der Waals surface area contributed by atoms with Crippen molar-refractivity contribution in [2.75, 3.05) is 7.11 Å². The molecule has 4 fully saturated rings. The van der Waals surface area contributed by atoms with E-state index >= 15 is 0 Å². The van der Waals surface area contributed by atoms with Crippen molar-refractivity contribution in [1.29, 1.82) is 0 Å². The smallest absolute Gasteiger partial charge is 0.306 e. The van der Waals surface area contributed by atoms with Crippen LogP contribution in [0.4, 0.5) is 0 Å². The summed E-state index contributed by atoms with van der Waals surface area (Å²) in [5.74, 6) is 2.51. The van der Waals surface area contributed by atoms with Gasteiger partial charge in [-0.2, -0.15) is 0 Å². The Bertz CT molecular complexity index is 682. The van der Waals surface area contributed by atoms with Crippen molar-refractivity contribution in [3.05, 3.63) is 11.6 Å². The number of fused-ring (bicyclic) bond motifs is 6. The van der Waals surface area contributed by atoms with Crippen LogP contribution in [0, 0.1) is 28.6 Å². The number of ether oxygens (including phenoxy) is 1. The maximum absolute atomic E-state index is 11.9. The van der Waals surface area contributed by atoms with Gasteiger partial charge in [0.2, 0.25) is 0 Å². The first-order chi connectivity index (χ1) is 12.9. The number of ketones is 1. The molecule has 1 N–H and O–H groups in total. The van der Waals surface area contributed by atoms with E-state index < -0.39 is 0 Å². The number of esters is 1. The zero-order valence-electron chi connectivity index (χ0n) is 17.1. The van der Waals surface area contributed by atoms with Gasteiger partial charge in [0, 0.05) is 25.4 Å². The third-order valence-corrected chi connectivity index (χ3v) is 9.29. The van der Waals surface area contributed by atoms with Gasteiger partial charge < -0.3 is 9.84 Å². The summed E-state index contributed by atoms with van der Waals surface area (Å²) in [5, 5.41) is 7.00. The van der Waals surface area contributed by atoms with Crippen molar-refractivity contribution in [2.24, 2.45) is 28.6 Å². The first-order valence-electron chi connectivity index (χ1n) is 10.8. The predicted molar refractivity (Wildman–Crippen MR) is 103 cm³/mol. The Morgan fingerprint density at radius 3 is 2.37 bits per heavy atom. The number of aliphatic hydroxyl groups excluding tert-OH is 1. The molecule has 4 heteroatoms. The Balaban J connectivity index is 0.000000872. The Labute approximate surface area is 162 Å². The van der Waals surface area contributed by atoms with E-state index in [1.807, 2.05) is 6.08 Å². The zero-order chi connectivity index (χ0) is 19.4. The average molecular weight is 375 g/mol. The SMILES string of the molecule is CO.C[C@]12CCC(=O)C=C1CCC1C2CC[C@@]2(C)C1CCC21CCC(=O)O1. The molecule has 4 nitrogen and oxygen atoms in total. The van der Waals surface area contributed by atoms with Crippen molar-refractivity contribution in [3.63, 3.8) is 0 Å². The number of hydrogen-bond donors (Lipinski definition) is 1. The number of rotatable bonds is 0. The molecule has 1 spiro atoms.